The Labute approximate surface area is 113 Å². The molecule has 1 aliphatic carbocycles. The fourth-order valence-electron chi connectivity index (χ4n) is 2.36. The molecule has 1 atom stereocenters. The van der Waals surface area contributed by atoms with Crippen LogP contribution in [0.5, 0.6) is 0 Å². The van der Waals surface area contributed by atoms with Gasteiger partial charge in [-0.05, 0) is 18.4 Å². The molecule has 0 spiro atoms. The molecular weight excluding hydrogens is 242 g/mol. The van der Waals surface area contributed by atoms with Gasteiger partial charge in [0.25, 0.3) is 0 Å². The van der Waals surface area contributed by atoms with Crippen LogP contribution in [0.1, 0.15) is 24.3 Å². The van der Waals surface area contributed by atoms with E-state index in [0.717, 1.165) is 18.4 Å². The van der Waals surface area contributed by atoms with Crippen LogP contribution in [-0.2, 0) is 4.74 Å². The predicted octanol–water partition coefficient (Wildman–Crippen LogP) is 1.28. The molecule has 0 bridgehead atoms. The number of benzene rings is 1. The van der Waals surface area contributed by atoms with Crippen molar-refractivity contribution in [2.24, 2.45) is 10.9 Å². The fraction of sp³-hybridized carbons (Fsp3) is 0.500. The number of nitrogens with two attached hydrogens (primary N) is 1. The average Bonchev–Trinajstić information content (AvgIpc) is 2.41. The van der Waals surface area contributed by atoms with E-state index in [1.165, 1.54) is 0 Å². The van der Waals surface area contributed by atoms with Gasteiger partial charge in [-0.25, -0.2) is 0 Å². The zero-order valence-electron chi connectivity index (χ0n) is 11.1. The van der Waals surface area contributed by atoms with Gasteiger partial charge in [0.2, 0.25) is 0 Å². The van der Waals surface area contributed by atoms with Crippen LogP contribution in [0.3, 0.4) is 0 Å². The van der Waals surface area contributed by atoms with Gasteiger partial charge in [-0.2, -0.15) is 0 Å². The Morgan fingerprint density at radius 2 is 2.16 bits per heavy atom. The molecule has 1 aromatic rings. The molecule has 0 amide bonds. The first-order valence-corrected chi connectivity index (χ1v) is 6.53. The van der Waals surface area contributed by atoms with E-state index < -0.39 is 0 Å². The summed E-state index contributed by atoms with van der Waals surface area (Å²) in [7, 11) is 1.74. The Balaban J connectivity index is 1.93. The van der Waals surface area contributed by atoms with E-state index in [1.807, 2.05) is 30.3 Å². The van der Waals surface area contributed by atoms with Crippen LogP contribution in [-0.4, -0.2) is 36.8 Å². The van der Waals surface area contributed by atoms with Crippen molar-refractivity contribution >= 4 is 5.84 Å². The topological polar surface area (TPSA) is 79.9 Å². The molecule has 2 rings (SSSR count). The lowest BCUT2D eigenvalue weighted by Gasteiger charge is -2.35. The van der Waals surface area contributed by atoms with E-state index in [1.54, 1.807) is 7.11 Å². The molecule has 1 unspecified atom stereocenters. The summed E-state index contributed by atoms with van der Waals surface area (Å²) in [5, 5.41) is 15.5. The van der Waals surface area contributed by atoms with Crippen LogP contribution in [0.2, 0.25) is 0 Å². The van der Waals surface area contributed by atoms with Crippen molar-refractivity contribution in [1.82, 2.24) is 5.32 Å². The molecule has 0 radical (unpaired) electrons. The standard InChI is InChI=1S/C14H21N3O2/c1-19-12-7-11(8-12)16-9-13(14(15)17-18)10-5-3-2-4-6-10/h2-6,11-13,16,18H,7-9H2,1H3,(H2,15,17). The van der Waals surface area contributed by atoms with Crippen molar-refractivity contribution < 1.29 is 9.94 Å². The maximum atomic E-state index is 8.90. The third-order valence-electron chi connectivity index (χ3n) is 3.71. The highest BCUT2D eigenvalue weighted by atomic mass is 16.5. The molecule has 0 aliphatic heterocycles. The van der Waals surface area contributed by atoms with Crippen LogP contribution < -0.4 is 11.1 Å². The number of hydrogen-bond acceptors (Lipinski definition) is 4. The highest BCUT2D eigenvalue weighted by Gasteiger charge is 2.29. The monoisotopic (exact) mass is 263 g/mol. The lowest BCUT2D eigenvalue weighted by atomic mass is 9.88. The quantitative estimate of drug-likeness (QED) is 0.313. The van der Waals surface area contributed by atoms with Gasteiger partial charge in [0.05, 0.1) is 12.0 Å². The Morgan fingerprint density at radius 3 is 2.74 bits per heavy atom. The van der Waals surface area contributed by atoms with Gasteiger partial charge in [0.1, 0.15) is 5.84 Å². The first kappa shape index (κ1) is 13.8. The minimum Gasteiger partial charge on any atom is -0.409 e. The molecule has 0 heterocycles. The van der Waals surface area contributed by atoms with E-state index in [-0.39, 0.29) is 11.8 Å². The van der Waals surface area contributed by atoms with Crippen molar-refractivity contribution in [2.45, 2.75) is 30.9 Å². The molecular formula is C14H21N3O2. The second-order valence-electron chi connectivity index (χ2n) is 4.92. The maximum Gasteiger partial charge on any atom is 0.147 e. The van der Waals surface area contributed by atoms with E-state index in [4.69, 9.17) is 15.7 Å². The third kappa shape index (κ3) is 3.45. The van der Waals surface area contributed by atoms with E-state index >= 15 is 0 Å². The molecule has 104 valence electrons. The molecule has 4 N–H and O–H groups in total. The number of methoxy groups -OCH3 is 1. The second-order valence-corrected chi connectivity index (χ2v) is 4.92. The number of rotatable bonds is 6. The molecule has 0 saturated heterocycles. The van der Waals surface area contributed by atoms with Gasteiger partial charge in [-0.1, -0.05) is 35.5 Å². The summed E-state index contributed by atoms with van der Waals surface area (Å²) in [6.07, 6.45) is 2.42. The SMILES string of the molecule is COC1CC(NCC(/C(N)=N/O)c2ccccc2)C1. The highest BCUT2D eigenvalue weighted by Crippen LogP contribution is 2.23. The molecule has 1 aromatic carbocycles. The second kappa shape index (κ2) is 6.54. The van der Waals surface area contributed by atoms with Gasteiger partial charge >= 0.3 is 0 Å². The number of ether oxygens (including phenoxy) is 1. The molecule has 5 heteroatoms. The number of hydrogen-bond donors (Lipinski definition) is 3. The lowest BCUT2D eigenvalue weighted by Crippen LogP contribution is -2.47. The number of amidine groups is 1. The summed E-state index contributed by atoms with van der Waals surface area (Å²) < 4.78 is 5.25. The lowest BCUT2D eigenvalue weighted by molar-refractivity contribution is 0.0175. The number of nitrogens with one attached hydrogen (secondary N) is 1. The van der Waals surface area contributed by atoms with E-state index in [9.17, 15) is 0 Å². The van der Waals surface area contributed by atoms with Gasteiger partial charge in [-0.15, -0.1) is 0 Å². The summed E-state index contributed by atoms with van der Waals surface area (Å²) in [4.78, 5) is 0. The Hall–Kier alpha value is -1.59. The molecule has 1 fully saturated rings. The average molecular weight is 263 g/mol. The summed E-state index contributed by atoms with van der Waals surface area (Å²) in [5.41, 5.74) is 6.83. The van der Waals surface area contributed by atoms with E-state index in [2.05, 4.69) is 10.5 Å². The molecule has 0 aromatic heterocycles. The zero-order chi connectivity index (χ0) is 13.7. The number of nitrogens with zero attached hydrogens (tertiary/aromatic N) is 1. The summed E-state index contributed by atoms with van der Waals surface area (Å²) in [6, 6.07) is 10.3. The van der Waals surface area contributed by atoms with Crippen LogP contribution in [0.25, 0.3) is 0 Å². The Morgan fingerprint density at radius 1 is 1.47 bits per heavy atom. The van der Waals surface area contributed by atoms with Gasteiger partial charge in [0, 0.05) is 19.7 Å². The van der Waals surface area contributed by atoms with Crippen LogP contribution in [0.4, 0.5) is 0 Å². The fourth-order valence-corrected chi connectivity index (χ4v) is 2.36. The maximum absolute atomic E-state index is 8.90. The minimum absolute atomic E-state index is 0.104. The smallest absolute Gasteiger partial charge is 0.147 e. The van der Waals surface area contributed by atoms with Gasteiger partial charge in [-0.3, -0.25) is 0 Å². The predicted molar refractivity (Wildman–Crippen MR) is 74.4 cm³/mol. The van der Waals surface area contributed by atoms with Crippen molar-refractivity contribution in [3.8, 4) is 0 Å². The normalized spacial score (nSPS) is 24.8. The van der Waals surface area contributed by atoms with Crippen LogP contribution in [0.15, 0.2) is 35.5 Å². The van der Waals surface area contributed by atoms with Gasteiger partial charge in [0.15, 0.2) is 0 Å². The van der Waals surface area contributed by atoms with Crippen molar-refractivity contribution in [3.05, 3.63) is 35.9 Å². The Kier molecular flexibility index (Phi) is 4.76. The van der Waals surface area contributed by atoms with Crippen LogP contribution >= 0.6 is 0 Å². The highest BCUT2D eigenvalue weighted by molar-refractivity contribution is 5.87. The Bertz CT molecular complexity index is 416. The van der Waals surface area contributed by atoms with Crippen molar-refractivity contribution in [1.29, 1.82) is 0 Å². The molecule has 1 aliphatic rings. The molecule has 5 nitrogen and oxygen atoms in total. The van der Waals surface area contributed by atoms with Gasteiger partial charge < -0.3 is 21.0 Å². The van der Waals surface area contributed by atoms with Crippen molar-refractivity contribution in [3.63, 3.8) is 0 Å². The molecule has 19 heavy (non-hydrogen) atoms. The number of oxime groups is 1. The molecule has 1 saturated carbocycles. The third-order valence-corrected chi connectivity index (χ3v) is 3.71. The largest absolute Gasteiger partial charge is 0.409 e. The summed E-state index contributed by atoms with van der Waals surface area (Å²) in [5.74, 6) is 0.133. The summed E-state index contributed by atoms with van der Waals surface area (Å²) >= 11 is 0. The first-order valence-electron chi connectivity index (χ1n) is 6.53. The summed E-state index contributed by atoms with van der Waals surface area (Å²) in [6.45, 7) is 0.668. The zero-order valence-corrected chi connectivity index (χ0v) is 11.1. The van der Waals surface area contributed by atoms with Crippen molar-refractivity contribution in [2.75, 3.05) is 13.7 Å². The van der Waals surface area contributed by atoms with Crippen LogP contribution in [0, 0.1) is 0 Å². The van der Waals surface area contributed by atoms with E-state index in [0.29, 0.717) is 18.7 Å². The first-order chi connectivity index (χ1) is 9.24. The minimum atomic E-state index is -0.104.